The Bertz CT molecular complexity index is 783. The monoisotopic (exact) mass is 392 g/mol. The number of rotatable bonds is 5. The molecule has 0 bridgehead atoms. The number of nitrogens with zero attached hydrogens (tertiary/aromatic N) is 3. The van der Waals surface area contributed by atoms with Gasteiger partial charge in [0.2, 0.25) is 5.91 Å². The maximum absolute atomic E-state index is 13.1. The van der Waals surface area contributed by atoms with Gasteiger partial charge < -0.3 is 10.2 Å². The maximum atomic E-state index is 13.1. The van der Waals surface area contributed by atoms with E-state index in [0.717, 1.165) is 29.9 Å². The van der Waals surface area contributed by atoms with Gasteiger partial charge in [0, 0.05) is 22.0 Å². The number of amides is 2. The molecule has 1 heterocycles. The normalized spacial score (nSPS) is 15.4. The van der Waals surface area contributed by atoms with Gasteiger partial charge in [-0.15, -0.1) is 5.10 Å². The molecule has 2 aromatic rings. The first-order chi connectivity index (χ1) is 12.3. The quantitative estimate of drug-likeness (QED) is 0.845. The van der Waals surface area contributed by atoms with Crippen LogP contribution in [0, 0.1) is 0 Å². The molecule has 8 heteroatoms. The molecule has 2 amide bonds. The fourth-order valence-electron chi connectivity index (χ4n) is 2.76. The zero-order valence-electron chi connectivity index (χ0n) is 14.9. The molecule has 3 rings (SSSR count). The minimum absolute atomic E-state index is 0.0237. The number of halogens is 1. The summed E-state index contributed by atoms with van der Waals surface area (Å²) >= 11 is 7.12. The molecule has 1 unspecified atom stereocenters. The first-order valence-electron chi connectivity index (χ1n) is 8.43. The number of nitrogens with one attached hydrogen (secondary N) is 1. The van der Waals surface area contributed by atoms with Gasteiger partial charge >= 0.3 is 0 Å². The first kappa shape index (κ1) is 18.8. The van der Waals surface area contributed by atoms with Crippen molar-refractivity contribution >= 4 is 34.9 Å². The summed E-state index contributed by atoms with van der Waals surface area (Å²) in [6, 6.07) is 6.32. The van der Waals surface area contributed by atoms with Crippen LogP contribution in [0.4, 0.5) is 0 Å². The van der Waals surface area contributed by atoms with Gasteiger partial charge in [-0.1, -0.05) is 28.2 Å². The lowest BCUT2D eigenvalue weighted by Crippen LogP contribution is -2.50. The number of benzene rings is 1. The summed E-state index contributed by atoms with van der Waals surface area (Å²) < 4.78 is 3.78. The fourth-order valence-corrected chi connectivity index (χ4v) is 3.31. The SMILES string of the molecule is CC(C)(C)NC(=O)C(c1ccc(Cl)cc1)N(C(=O)c1csnn1)C1CC1. The van der Waals surface area contributed by atoms with Crippen LogP contribution in [0.1, 0.15) is 55.7 Å². The van der Waals surface area contributed by atoms with Crippen LogP contribution in [0.25, 0.3) is 0 Å². The second kappa shape index (κ2) is 7.32. The lowest BCUT2D eigenvalue weighted by molar-refractivity contribution is -0.127. The van der Waals surface area contributed by atoms with E-state index < -0.39 is 11.6 Å². The number of hydrogen-bond acceptors (Lipinski definition) is 5. The first-order valence-corrected chi connectivity index (χ1v) is 9.65. The van der Waals surface area contributed by atoms with Crippen LogP contribution in [0.5, 0.6) is 0 Å². The largest absolute Gasteiger partial charge is 0.349 e. The Hall–Kier alpha value is -1.99. The van der Waals surface area contributed by atoms with Gasteiger partial charge in [-0.2, -0.15) is 0 Å². The molecule has 0 aliphatic heterocycles. The highest BCUT2D eigenvalue weighted by Crippen LogP contribution is 2.36. The van der Waals surface area contributed by atoms with Gasteiger partial charge in [-0.3, -0.25) is 9.59 Å². The number of hydrogen-bond donors (Lipinski definition) is 1. The lowest BCUT2D eigenvalue weighted by Gasteiger charge is -2.33. The van der Waals surface area contributed by atoms with Crippen LogP contribution in [0.15, 0.2) is 29.6 Å². The minimum atomic E-state index is -0.742. The van der Waals surface area contributed by atoms with Crippen LogP contribution in [-0.4, -0.2) is 37.9 Å². The molecule has 1 atom stereocenters. The molecule has 1 fully saturated rings. The molecule has 1 aromatic heterocycles. The van der Waals surface area contributed by atoms with Crippen LogP contribution in [0.3, 0.4) is 0 Å². The third-order valence-corrected chi connectivity index (χ3v) is 4.72. The van der Waals surface area contributed by atoms with Crippen molar-refractivity contribution in [3.63, 3.8) is 0 Å². The highest BCUT2D eigenvalue weighted by atomic mass is 35.5. The molecule has 1 saturated carbocycles. The Kier molecular flexibility index (Phi) is 5.29. The zero-order chi connectivity index (χ0) is 18.9. The van der Waals surface area contributed by atoms with E-state index in [2.05, 4.69) is 14.9 Å². The standard InChI is InChI=1S/C18H21ClN4O2S/c1-18(2,3)20-16(24)15(11-4-6-12(19)7-5-11)23(13-8-9-13)17(25)14-10-26-22-21-14/h4-7,10,13,15H,8-9H2,1-3H3,(H,20,24). The molecule has 0 saturated heterocycles. The van der Waals surface area contributed by atoms with Crippen molar-refractivity contribution in [1.29, 1.82) is 0 Å². The highest BCUT2D eigenvalue weighted by Gasteiger charge is 2.42. The second-order valence-corrected chi connectivity index (χ2v) is 8.47. The number of carbonyl (C=O) groups excluding carboxylic acids is 2. The minimum Gasteiger partial charge on any atom is -0.349 e. The fraction of sp³-hybridized carbons (Fsp3) is 0.444. The van der Waals surface area contributed by atoms with Crippen LogP contribution < -0.4 is 5.32 Å². The van der Waals surface area contributed by atoms with E-state index in [0.29, 0.717) is 5.02 Å². The van der Waals surface area contributed by atoms with Crippen LogP contribution in [0.2, 0.25) is 5.02 Å². The smallest absolute Gasteiger partial charge is 0.276 e. The van der Waals surface area contributed by atoms with Crippen molar-refractivity contribution in [3.8, 4) is 0 Å². The van der Waals surface area contributed by atoms with E-state index in [-0.39, 0.29) is 23.6 Å². The van der Waals surface area contributed by atoms with Gasteiger partial charge in [0.05, 0.1) is 0 Å². The van der Waals surface area contributed by atoms with Gasteiger partial charge in [0.1, 0.15) is 6.04 Å². The van der Waals surface area contributed by atoms with Crippen molar-refractivity contribution < 1.29 is 9.59 Å². The van der Waals surface area contributed by atoms with E-state index in [1.807, 2.05) is 20.8 Å². The maximum Gasteiger partial charge on any atom is 0.276 e. The molecular formula is C18H21ClN4O2S. The van der Waals surface area contributed by atoms with Gasteiger partial charge in [0.25, 0.3) is 5.91 Å². The summed E-state index contributed by atoms with van der Waals surface area (Å²) in [5.74, 6) is -0.492. The molecule has 0 spiro atoms. The Morgan fingerprint density at radius 2 is 1.92 bits per heavy atom. The van der Waals surface area contributed by atoms with E-state index in [1.165, 1.54) is 0 Å². The molecular weight excluding hydrogens is 372 g/mol. The molecule has 1 aliphatic carbocycles. The summed E-state index contributed by atoms with van der Waals surface area (Å²) in [6.45, 7) is 5.74. The zero-order valence-corrected chi connectivity index (χ0v) is 16.5. The summed E-state index contributed by atoms with van der Waals surface area (Å²) in [7, 11) is 0. The molecule has 26 heavy (non-hydrogen) atoms. The molecule has 0 radical (unpaired) electrons. The van der Waals surface area contributed by atoms with E-state index in [1.54, 1.807) is 34.5 Å². The number of aromatic nitrogens is 2. The van der Waals surface area contributed by atoms with E-state index in [4.69, 9.17) is 11.6 Å². The van der Waals surface area contributed by atoms with Crippen molar-refractivity contribution in [2.75, 3.05) is 0 Å². The summed E-state index contributed by atoms with van der Waals surface area (Å²) in [6.07, 6.45) is 1.74. The third-order valence-electron chi connectivity index (χ3n) is 3.96. The predicted molar refractivity (Wildman–Crippen MR) is 101 cm³/mol. The van der Waals surface area contributed by atoms with Crippen molar-refractivity contribution in [3.05, 3.63) is 45.9 Å². The van der Waals surface area contributed by atoms with Gasteiger partial charge in [-0.25, -0.2) is 0 Å². The van der Waals surface area contributed by atoms with Crippen molar-refractivity contribution in [2.45, 2.75) is 51.2 Å². The highest BCUT2D eigenvalue weighted by molar-refractivity contribution is 7.03. The Labute approximate surface area is 161 Å². The lowest BCUT2D eigenvalue weighted by atomic mass is 10.0. The van der Waals surface area contributed by atoms with E-state index >= 15 is 0 Å². The number of carbonyl (C=O) groups is 2. The Morgan fingerprint density at radius 3 is 2.42 bits per heavy atom. The molecule has 1 N–H and O–H groups in total. The van der Waals surface area contributed by atoms with Gasteiger partial charge in [0.15, 0.2) is 5.69 Å². The molecule has 138 valence electrons. The third kappa shape index (κ3) is 4.40. The summed E-state index contributed by atoms with van der Waals surface area (Å²) in [4.78, 5) is 27.8. The Balaban J connectivity index is 2.00. The molecule has 1 aliphatic rings. The van der Waals surface area contributed by atoms with Crippen molar-refractivity contribution in [1.82, 2.24) is 19.8 Å². The Morgan fingerprint density at radius 1 is 1.27 bits per heavy atom. The van der Waals surface area contributed by atoms with Crippen molar-refractivity contribution in [2.24, 2.45) is 0 Å². The molecule has 6 nitrogen and oxygen atoms in total. The van der Waals surface area contributed by atoms with Crippen LogP contribution >= 0.6 is 23.1 Å². The molecule has 1 aromatic carbocycles. The summed E-state index contributed by atoms with van der Waals surface area (Å²) in [5, 5.41) is 9.08. The van der Waals surface area contributed by atoms with Crippen LogP contribution in [-0.2, 0) is 4.79 Å². The average Bonchev–Trinajstić information content (AvgIpc) is 3.23. The van der Waals surface area contributed by atoms with E-state index in [9.17, 15) is 9.59 Å². The topological polar surface area (TPSA) is 75.2 Å². The second-order valence-electron chi connectivity index (χ2n) is 7.43. The summed E-state index contributed by atoms with van der Waals surface area (Å²) in [5.41, 5.74) is 0.575. The predicted octanol–water partition coefficient (Wildman–Crippen LogP) is 3.45. The van der Waals surface area contributed by atoms with Gasteiger partial charge in [-0.05, 0) is 62.8 Å². The average molecular weight is 393 g/mol.